The Morgan fingerprint density at radius 1 is 1.62 bits per heavy atom. The second-order valence-corrected chi connectivity index (χ2v) is 3.30. The third-order valence-electron chi connectivity index (χ3n) is 1.54. The first-order valence-electron chi connectivity index (χ1n) is 4.09. The maximum atomic E-state index is 5.69. The summed E-state index contributed by atoms with van der Waals surface area (Å²) in [6, 6.07) is 3.89. The molecule has 1 aromatic heterocycles. The first-order chi connectivity index (χ1) is 6.22. The van der Waals surface area contributed by atoms with Gasteiger partial charge in [-0.3, -0.25) is 0 Å². The lowest BCUT2D eigenvalue weighted by Gasteiger charge is -2.12. The standard InChI is InChI=1S/C9H13ClN2O/c1-7(6-13-2)12-9-4-3-8(10)5-11-9/h3-5,7H,6H2,1-2H3,(H,11,12)/t7-/m1/s1. The van der Waals surface area contributed by atoms with Crippen LogP contribution in [0.5, 0.6) is 0 Å². The molecule has 1 rings (SSSR count). The first-order valence-corrected chi connectivity index (χ1v) is 4.47. The molecular formula is C9H13ClN2O. The number of hydrogen-bond acceptors (Lipinski definition) is 3. The summed E-state index contributed by atoms with van der Waals surface area (Å²) < 4.78 is 4.98. The maximum Gasteiger partial charge on any atom is 0.126 e. The van der Waals surface area contributed by atoms with Crippen LogP contribution in [0.2, 0.25) is 5.02 Å². The Morgan fingerprint density at radius 3 is 2.92 bits per heavy atom. The molecule has 72 valence electrons. The van der Waals surface area contributed by atoms with Crippen molar-refractivity contribution in [3.63, 3.8) is 0 Å². The second-order valence-electron chi connectivity index (χ2n) is 2.86. The van der Waals surface area contributed by atoms with E-state index >= 15 is 0 Å². The van der Waals surface area contributed by atoms with Gasteiger partial charge in [-0.05, 0) is 19.1 Å². The molecule has 0 fully saturated rings. The third-order valence-corrected chi connectivity index (χ3v) is 1.76. The molecule has 3 nitrogen and oxygen atoms in total. The molecule has 13 heavy (non-hydrogen) atoms. The summed E-state index contributed by atoms with van der Waals surface area (Å²) in [4.78, 5) is 4.10. The predicted octanol–water partition coefficient (Wildman–Crippen LogP) is 2.18. The fourth-order valence-electron chi connectivity index (χ4n) is 1.01. The summed E-state index contributed by atoms with van der Waals surface area (Å²) >= 11 is 5.69. The van der Waals surface area contributed by atoms with Crippen molar-refractivity contribution in [1.29, 1.82) is 0 Å². The average Bonchev–Trinajstić information content (AvgIpc) is 2.09. The van der Waals surface area contributed by atoms with Crippen LogP contribution in [-0.4, -0.2) is 24.7 Å². The van der Waals surface area contributed by atoms with Crippen LogP contribution in [0.1, 0.15) is 6.92 Å². The Bertz CT molecular complexity index is 250. The highest BCUT2D eigenvalue weighted by Gasteiger charge is 2.00. The van der Waals surface area contributed by atoms with Crippen molar-refractivity contribution in [3.8, 4) is 0 Å². The van der Waals surface area contributed by atoms with Gasteiger partial charge in [-0.15, -0.1) is 0 Å². The van der Waals surface area contributed by atoms with Gasteiger partial charge in [0, 0.05) is 19.3 Å². The summed E-state index contributed by atoms with van der Waals surface area (Å²) in [6.45, 7) is 2.68. The van der Waals surface area contributed by atoms with Gasteiger partial charge in [0.25, 0.3) is 0 Å². The van der Waals surface area contributed by atoms with E-state index < -0.39 is 0 Å². The monoisotopic (exact) mass is 200 g/mol. The van der Waals surface area contributed by atoms with E-state index in [1.807, 2.05) is 13.0 Å². The van der Waals surface area contributed by atoms with E-state index in [0.29, 0.717) is 11.6 Å². The molecule has 0 saturated carbocycles. The lowest BCUT2D eigenvalue weighted by molar-refractivity contribution is 0.190. The van der Waals surface area contributed by atoms with Gasteiger partial charge in [-0.1, -0.05) is 11.6 Å². The van der Waals surface area contributed by atoms with E-state index in [0.717, 1.165) is 5.82 Å². The largest absolute Gasteiger partial charge is 0.383 e. The predicted molar refractivity (Wildman–Crippen MR) is 54.2 cm³/mol. The van der Waals surface area contributed by atoms with Crippen molar-refractivity contribution in [1.82, 2.24) is 4.98 Å². The smallest absolute Gasteiger partial charge is 0.126 e. The summed E-state index contributed by atoms with van der Waals surface area (Å²) in [5, 5.41) is 3.82. The van der Waals surface area contributed by atoms with Gasteiger partial charge in [0.1, 0.15) is 5.82 Å². The van der Waals surface area contributed by atoms with Gasteiger partial charge in [0.2, 0.25) is 0 Å². The number of ether oxygens (including phenoxy) is 1. The van der Waals surface area contributed by atoms with Crippen LogP contribution in [-0.2, 0) is 4.74 Å². The van der Waals surface area contributed by atoms with Crippen LogP contribution in [0.25, 0.3) is 0 Å². The third kappa shape index (κ3) is 3.61. The van der Waals surface area contributed by atoms with E-state index in [4.69, 9.17) is 16.3 Å². The van der Waals surface area contributed by atoms with Crippen LogP contribution in [0.4, 0.5) is 5.82 Å². The quantitative estimate of drug-likeness (QED) is 0.809. The molecule has 0 bridgehead atoms. The van der Waals surface area contributed by atoms with E-state index in [1.165, 1.54) is 0 Å². The maximum absolute atomic E-state index is 5.69. The lowest BCUT2D eigenvalue weighted by Crippen LogP contribution is -2.21. The van der Waals surface area contributed by atoms with Crippen LogP contribution in [0.15, 0.2) is 18.3 Å². The summed E-state index contributed by atoms with van der Waals surface area (Å²) in [7, 11) is 1.67. The summed E-state index contributed by atoms with van der Waals surface area (Å²) in [5.74, 6) is 0.814. The zero-order valence-electron chi connectivity index (χ0n) is 7.75. The van der Waals surface area contributed by atoms with Crippen molar-refractivity contribution in [2.45, 2.75) is 13.0 Å². The second kappa shape index (κ2) is 5.04. The van der Waals surface area contributed by atoms with E-state index in [2.05, 4.69) is 10.3 Å². The number of anilines is 1. The fraction of sp³-hybridized carbons (Fsp3) is 0.444. The molecule has 0 spiro atoms. The number of aromatic nitrogens is 1. The van der Waals surface area contributed by atoms with Gasteiger partial charge >= 0.3 is 0 Å². The SMILES string of the molecule is COC[C@@H](C)Nc1ccc(Cl)cn1. The van der Waals surface area contributed by atoms with Gasteiger partial charge in [-0.25, -0.2) is 4.98 Å². The van der Waals surface area contributed by atoms with Crippen molar-refractivity contribution >= 4 is 17.4 Å². The molecular weight excluding hydrogens is 188 g/mol. The fourth-order valence-corrected chi connectivity index (χ4v) is 1.12. The normalized spacial score (nSPS) is 12.5. The molecule has 0 radical (unpaired) electrons. The van der Waals surface area contributed by atoms with Gasteiger partial charge in [0.05, 0.1) is 11.6 Å². The Hall–Kier alpha value is -0.800. The lowest BCUT2D eigenvalue weighted by atomic mass is 10.3. The Morgan fingerprint density at radius 2 is 2.38 bits per heavy atom. The average molecular weight is 201 g/mol. The molecule has 1 atom stereocenters. The molecule has 1 N–H and O–H groups in total. The first kappa shape index (κ1) is 10.3. The van der Waals surface area contributed by atoms with Crippen LogP contribution in [0.3, 0.4) is 0 Å². The minimum Gasteiger partial charge on any atom is -0.383 e. The number of rotatable bonds is 4. The Balaban J connectivity index is 2.49. The van der Waals surface area contributed by atoms with Crippen LogP contribution < -0.4 is 5.32 Å². The van der Waals surface area contributed by atoms with Crippen molar-refractivity contribution < 1.29 is 4.74 Å². The highest BCUT2D eigenvalue weighted by molar-refractivity contribution is 6.30. The molecule has 0 saturated heterocycles. The minimum atomic E-state index is 0.249. The highest BCUT2D eigenvalue weighted by atomic mass is 35.5. The summed E-state index contributed by atoms with van der Waals surface area (Å²) in [5.41, 5.74) is 0. The number of halogens is 1. The van der Waals surface area contributed by atoms with Gasteiger partial charge < -0.3 is 10.1 Å². The zero-order valence-corrected chi connectivity index (χ0v) is 8.51. The van der Waals surface area contributed by atoms with Crippen molar-refractivity contribution in [2.24, 2.45) is 0 Å². The highest BCUT2D eigenvalue weighted by Crippen LogP contribution is 2.10. The van der Waals surface area contributed by atoms with Crippen LogP contribution in [0, 0.1) is 0 Å². The Kier molecular flexibility index (Phi) is 3.99. The van der Waals surface area contributed by atoms with E-state index in [9.17, 15) is 0 Å². The molecule has 0 aromatic carbocycles. The Labute approximate surface area is 83.1 Å². The van der Waals surface area contributed by atoms with E-state index in [1.54, 1.807) is 19.4 Å². The molecule has 4 heteroatoms. The van der Waals surface area contributed by atoms with Crippen molar-refractivity contribution in [2.75, 3.05) is 19.0 Å². The molecule has 0 aliphatic heterocycles. The number of nitrogens with zero attached hydrogens (tertiary/aromatic N) is 1. The van der Waals surface area contributed by atoms with E-state index in [-0.39, 0.29) is 6.04 Å². The summed E-state index contributed by atoms with van der Waals surface area (Å²) in [6.07, 6.45) is 1.61. The topological polar surface area (TPSA) is 34.1 Å². The molecule has 0 unspecified atom stereocenters. The molecule has 0 aliphatic rings. The number of methoxy groups -OCH3 is 1. The molecule has 1 heterocycles. The van der Waals surface area contributed by atoms with Crippen LogP contribution >= 0.6 is 11.6 Å². The van der Waals surface area contributed by atoms with Gasteiger partial charge in [-0.2, -0.15) is 0 Å². The van der Waals surface area contributed by atoms with Crippen molar-refractivity contribution in [3.05, 3.63) is 23.4 Å². The molecule has 0 amide bonds. The number of pyridine rings is 1. The molecule has 1 aromatic rings. The zero-order chi connectivity index (χ0) is 9.68. The number of hydrogen-bond donors (Lipinski definition) is 1. The minimum absolute atomic E-state index is 0.249. The number of nitrogens with one attached hydrogen (secondary N) is 1. The molecule has 0 aliphatic carbocycles. The van der Waals surface area contributed by atoms with Gasteiger partial charge in [0.15, 0.2) is 0 Å².